The van der Waals surface area contributed by atoms with Crippen LogP contribution in [-0.2, 0) is 4.74 Å². The van der Waals surface area contributed by atoms with Crippen LogP contribution in [0, 0.1) is 5.92 Å². The monoisotopic (exact) mass is 247 g/mol. The van der Waals surface area contributed by atoms with Crippen LogP contribution in [0.1, 0.15) is 45.3 Å². The van der Waals surface area contributed by atoms with Crippen molar-refractivity contribution in [2.75, 3.05) is 6.61 Å². The highest BCUT2D eigenvalue weighted by molar-refractivity contribution is 5.19. The molecule has 0 amide bonds. The Labute approximate surface area is 111 Å². The molecule has 0 saturated carbocycles. The Morgan fingerprint density at radius 2 is 2.00 bits per heavy atom. The van der Waals surface area contributed by atoms with E-state index in [0.717, 1.165) is 18.9 Å². The van der Waals surface area contributed by atoms with Crippen LogP contribution in [0.2, 0.25) is 0 Å². The van der Waals surface area contributed by atoms with E-state index in [0.29, 0.717) is 12.1 Å². The van der Waals surface area contributed by atoms with Gasteiger partial charge < -0.3 is 10.1 Å². The first kappa shape index (κ1) is 13.6. The lowest BCUT2D eigenvalue weighted by Gasteiger charge is -2.38. The van der Waals surface area contributed by atoms with E-state index in [4.69, 9.17) is 4.74 Å². The van der Waals surface area contributed by atoms with Gasteiger partial charge in [0, 0.05) is 12.1 Å². The van der Waals surface area contributed by atoms with Gasteiger partial charge in [0.1, 0.15) is 0 Å². The van der Waals surface area contributed by atoms with Crippen LogP contribution in [0.4, 0.5) is 0 Å². The standard InChI is InChI=1S/C16H25NO/c1-4-15-16(13-8-6-5-7-9-13)18-11-14(17-15)10-12(2)3/h5-9,12,14-17H,4,10-11H2,1-3H3. The number of hydrogen-bond acceptors (Lipinski definition) is 2. The van der Waals surface area contributed by atoms with Crippen molar-refractivity contribution in [3.8, 4) is 0 Å². The summed E-state index contributed by atoms with van der Waals surface area (Å²) < 4.78 is 6.12. The lowest BCUT2D eigenvalue weighted by molar-refractivity contribution is -0.0341. The average molecular weight is 247 g/mol. The zero-order valence-electron chi connectivity index (χ0n) is 11.7. The predicted octanol–water partition coefficient (Wildman–Crippen LogP) is 3.54. The first-order valence-corrected chi connectivity index (χ1v) is 7.13. The fourth-order valence-electron chi connectivity index (χ4n) is 2.78. The summed E-state index contributed by atoms with van der Waals surface area (Å²) in [6.45, 7) is 7.60. The third kappa shape index (κ3) is 3.33. The van der Waals surface area contributed by atoms with Crippen molar-refractivity contribution in [2.24, 2.45) is 5.92 Å². The Kier molecular flexibility index (Phi) is 4.79. The Hall–Kier alpha value is -0.860. The summed E-state index contributed by atoms with van der Waals surface area (Å²) in [5.41, 5.74) is 1.29. The quantitative estimate of drug-likeness (QED) is 0.878. The van der Waals surface area contributed by atoms with Gasteiger partial charge in [-0.15, -0.1) is 0 Å². The Balaban J connectivity index is 2.02. The minimum atomic E-state index is 0.208. The minimum absolute atomic E-state index is 0.208. The van der Waals surface area contributed by atoms with Crippen LogP contribution >= 0.6 is 0 Å². The molecule has 1 aliphatic rings. The van der Waals surface area contributed by atoms with Gasteiger partial charge in [-0.2, -0.15) is 0 Å². The van der Waals surface area contributed by atoms with Crippen molar-refractivity contribution in [1.82, 2.24) is 5.32 Å². The van der Waals surface area contributed by atoms with Gasteiger partial charge in [0.25, 0.3) is 0 Å². The third-order valence-electron chi connectivity index (χ3n) is 3.62. The minimum Gasteiger partial charge on any atom is -0.370 e. The van der Waals surface area contributed by atoms with Crippen LogP contribution in [0.25, 0.3) is 0 Å². The topological polar surface area (TPSA) is 21.3 Å². The summed E-state index contributed by atoms with van der Waals surface area (Å²) >= 11 is 0. The number of rotatable bonds is 4. The molecule has 0 bridgehead atoms. The number of nitrogens with one attached hydrogen (secondary N) is 1. The van der Waals surface area contributed by atoms with Crippen molar-refractivity contribution in [3.63, 3.8) is 0 Å². The van der Waals surface area contributed by atoms with Gasteiger partial charge in [-0.25, -0.2) is 0 Å². The molecule has 1 aliphatic heterocycles. The van der Waals surface area contributed by atoms with E-state index in [1.807, 2.05) is 0 Å². The Morgan fingerprint density at radius 3 is 2.61 bits per heavy atom. The maximum absolute atomic E-state index is 6.12. The molecule has 1 aromatic rings. The molecule has 1 N–H and O–H groups in total. The van der Waals surface area contributed by atoms with E-state index in [1.54, 1.807) is 0 Å². The van der Waals surface area contributed by atoms with E-state index in [1.165, 1.54) is 12.0 Å². The first-order chi connectivity index (χ1) is 8.70. The molecule has 18 heavy (non-hydrogen) atoms. The summed E-state index contributed by atoms with van der Waals surface area (Å²) in [7, 11) is 0. The summed E-state index contributed by atoms with van der Waals surface area (Å²) in [5, 5.41) is 3.76. The van der Waals surface area contributed by atoms with Crippen LogP contribution in [0.3, 0.4) is 0 Å². The van der Waals surface area contributed by atoms with E-state index in [9.17, 15) is 0 Å². The number of benzene rings is 1. The molecule has 2 rings (SSSR count). The van der Waals surface area contributed by atoms with Crippen molar-refractivity contribution in [3.05, 3.63) is 35.9 Å². The molecule has 1 aromatic carbocycles. The van der Waals surface area contributed by atoms with E-state index >= 15 is 0 Å². The lowest BCUT2D eigenvalue weighted by atomic mass is 9.95. The van der Waals surface area contributed by atoms with Gasteiger partial charge in [-0.3, -0.25) is 0 Å². The fraction of sp³-hybridized carbons (Fsp3) is 0.625. The average Bonchev–Trinajstić information content (AvgIpc) is 2.39. The molecule has 1 heterocycles. The van der Waals surface area contributed by atoms with Crippen LogP contribution in [0.5, 0.6) is 0 Å². The maximum Gasteiger partial charge on any atom is 0.0978 e. The molecular formula is C16H25NO. The molecule has 3 atom stereocenters. The molecule has 0 aliphatic carbocycles. The summed E-state index contributed by atoms with van der Waals surface area (Å²) in [5.74, 6) is 0.719. The highest BCUT2D eigenvalue weighted by Gasteiger charge is 2.30. The second-order valence-electron chi connectivity index (χ2n) is 5.67. The van der Waals surface area contributed by atoms with Gasteiger partial charge in [-0.05, 0) is 24.3 Å². The third-order valence-corrected chi connectivity index (χ3v) is 3.62. The second kappa shape index (κ2) is 6.35. The highest BCUT2D eigenvalue weighted by atomic mass is 16.5. The van der Waals surface area contributed by atoms with E-state index in [2.05, 4.69) is 56.4 Å². The molecule has 1 fully saturated rings. The molecule has 0 aromatic heterocycles. The number of hydrogen-bond donors (Lipinski definition) is 1. The SMILES string of the molecule is CCC1NC(CC(C)C)COC1c1ccccc1. The van der Waals surface area contributed by atoms with Crippen LogP contribution in [0.15, 0.2) is 30.3 Å². The first-order valence-electron chi connectivity index (χ1n) is 7.13. The van der Waals surface area contributed by atoms with Gasteiger partial charge in [0.05, 0.1) is 12.7 Å². The predicted molar refractivity (Wildman–Crippen MR) is 75.6 cm³/mol. The molecule has 0 radical (unpaired) electrons. The smallest absolute Gasteiger partial charge is 0.0978 e. The Bertz CT molecular complexity index is 349. The van der Waals surface area contributed by atoms with Crippen molar-refractivity contribution >= 4 is 0 Å². The van der Waals surface area contributed by atoms with Gasteiger partial charge >= 0.3 is 0 Å². The van der Waals surface area contributed by atoms with Crippen molar-refractivity contribution in [2.45, 2.75) is 51.8 Å². The summed E-state index contributed by atoms with van der Waals surface area (Å²) in [6, 6.07) is 11.5. The van der Waals surface area contributed by atoms with Gasteiger partial charge in [0.2, 0.25) is 0 Å². The second-order valence-corrected chi connectivity index (χ2v) is 5.67. The highest BCUT2D eigenvalue weighted by Crippen LogP contribution is 2.28. The van der Waals surface area contributed by atoms with Gasteiger partial charge in [-0.1, -0.05) is 51.1 Å². The van der Waals surface area contributed by atoms with E-state index < -0.39 is 0 Å². The van der Waals surface area contributed by atoms with Crippen LogP contribution in [-0.4, -0.2) is 18.7 Å². The lowest BCUT2D eigenvalue weighted by Crippen LogP contribution is -2.50. The zero-order chi connectivity index (χ0) is 13.0. The fourth-order valence-corrected chi connectivity index (χ4v) is 2.78. The molecule has 1 saturated heterocycles. The normalized spacial score (nSPS) is 28.6. The van der Waals surface area contributed by atoms with Gasteiger partial charge in [0.15, 0.2) is 0 Å². The van der Waals surface area contributed by atoms with E-state index in [-0.39, 0.29) is 6.10 Å². The van der Waals surface area contributed by atoms with Crippen molar-refractivity contribution in [1.29, 1.82) is 0 Å². The molecule has 3 unspecified atom stereocenters. The molecule has 0 spiro atoms. The Morgan fingerprint density at radius 1 is 1.28 bits per heavy atom. The molecule has 2 heteroatoms. The summed E-state index contributed by atoms with van der Waals surface area (Å²) in [4.78, 5) is 0. The molecule has 100 valence electrons. The number of ether oxygens (including phenoxy) is 1. The number of morpholine rings is 1. The molecule has 2 nitrogen and oxygen atoms in total. The van der Waals surface area contributed by atoms with Crippen molar-refractivity contribution < 1.29 is 4.74 Å². The van der Waals surface area contributed by atoms with Crippen LogP contribution < -0.4 is 5.32 Å². The zero-order valence-corrected chi connectivity index (χ0v) is 11.7. The molecular weight excluding hydrogens is 222 g/mol. The summed E-state index contributed by atoms with van der Waals surface area (Å²) in [6.07, 6.45) is 2.51. The largest absolute Gasteiger partial charge is 0.370 e. The maximum atomic E-state index is 6.12.